The molecule has 1 aliphatic heterocycles. The normalized spacial score (nSPS) is 28.6. The number of carboxylic acid groups (broad SMARTS) is 1. The predicted molar refractivity (Wildman–Crippen MR) is 69.6 cm³/mol. The number of aliphatic carboxylic acids is 1. The first-order chi connectivity index (χ1) is 9.08. The zero-order valence-corrected chi connectivity index (χ0v) is 11.3. The molecule has 0 unspecified atom stereocenters. The Morgan fingerprint density at radius 3 is 2.47 bits per heavy atom. The van der Waals surface area contributed by atoms with E-state index in [9.17, 15) is 14.7 Å². The second-order valence-electron chi connectivity index (χ2n) is 5.83. The van der Waals surface area contributed by atoms with Gasteiger partial charge in [0.05, 0.1) is 6.10 Å². The molecule has 1 saturated carbocycles. The predicted octanol–water partition coefficient (Wildman–Crippen LogP) is 1.39. The molecule has 0 aromatic carbocycles. The maximum Gasteiger partial charge on any atom is 0.326 e. The van der Waals surface area contributed by atoms with Crippen LogP contribution in [-0.4, -0.2) is 45.7 Å². The molecule has 0 aromatic rings. The van der Waals surface area contributed by atoms with Crippen LogP contribution in [0.4, 0.5) is 0 Å². The zero-order valence-electron chi connectivity index (χ0n) is 11.3. The van der Waals surface area contributed by atoms with Crippen LogP contribution in [0.25, 0.3) is 0 Å². The molecule has 0 spiro atoms. The van der Waals surface area contributed by atoms with Crippen molar-refractivity contribution < 1.29 is 19.8 Å². The number of hydrogen-bond acceptors (Lipinski definition) is 3. The first kappa shape index (κ1) is 14.3. The minimum Gasteiger partial charge on any atom is -0.480 e. The summed E-state index contributed by atoms with van der Waals surface area (Å²) in [5, 5.41) is 18.6. The molecular weight excluding hydrogens is 246 g/mol. The number of aliphatic hydroxyl groups is 1. The summed E-state index contributed by atoms with van der Waals surface area (Å²) in [6.07, 6.45) is 6.92. The van der Waals surface area contributed by atoms with Crippen LogP contribution in [0.1, 0.15) is 51.4 Å². The van der Waals surface area contributed by atoms with Gasteiger partial charge in [0.1, 0.15) is 6.04 Å². The van der Waals surface area contributed by atoms with Crippen LogP contribution in [0.3, 0.4) is 0 Å². The van der Waals surface area contributed by atoms with E-state index in [4.69, 9.17) is 5.11 Å². The second-order valence-corrected chi connectivity index (χ2v) is 5.83. The highest BCUT2D eigenvalue weighted by atomic mass is 16.4. The number of hydrogen-bond donors (Lipinski definition) is 2. The Kier molecular flexibility index (Phi) is 4.80. The van der Waals surface area contributed by atoms with Crippen LogP contribution < -0.4 is 0 Å². The Labute approximate surface area is 113 Å². The molecular formula is C14H23NO4. The van der Waals surface area contributed by atoms with Gasteiger partial charge < -0.3 is 15.1 Å². The van der Waals surface area contributed by atoms with E-state index in [1.807, 2.05) is 0 Å². The monoisotopic (exact) mass is 269 g/mol. The maximum absolute atomic E-state index is 12.1. The molecule has 0 bridgehead atoms. The van der Waals surface area contributed by atoms with Gasteiger partial charge in [0.15, 0.2) is 0 Å². The minimum absolute atomic E-state index is 0.116. The number of carbonyl (C=O) groups is 2. The van der Waals surface area contributed by atoms with E-state index >= 15 is 0 Å². The Bertz CT molecular complexity index is 338. The summed E-state index contributed by atoms with van der Waals surface area (Å²) in [5.74, 6) is -0.509. The van der Waals surface area contributed by atoms with Gasteiger partial charge in [0.2, 0.25) is 5.91 Å². The fraction of sp³-hybridized carbons (Fsp3) is 0.857. The van der Waals surface area contributed by atoms with E-state index in [0.717, 1.165) is 6.42 Å². The Morgan fingerprint density at radius 1 is 1.16 bits per heavy atom. The average Bonchev–Trinajstić information content (AvgIpc) is 2.79. The smallest absolute Gasteiger partial charge is 0.326 e. The molecule has 2 fully saturated rings. The summed E-state index contributed by atoms with van der Waals surface area (Å²) in [6, 6.07) is -0.839. The van der Waals surface area contributed by atoms with Crippen LogP contribution in [0, 0.1) is 5.92 Å². The van der Waals surface area contributed by atoms with Gasteiger partial charge >= 0.3 is 5.97 Å². The van der Waals surface area contributed by atoms with Gasteiger partial charge in [-0.15, -0.1) is 0 Å². The van der Waals surface area contributed by atoms with Crippen LogP contribution in [0.15, 0.2) is 0 Å². The first-order valence-electron chi connectivity index (χ1n) is 7.28. The van der Waals surface area contributed by atoms with Crippen molar-refractivity contribution >= 4 is 11.9 Å². The maximum atomic E-state index is 12.1. The van der Waals surface area contributed by atoms with Crippen molar-refractivity contribution in [3.8, 4) is 0 Å². The molecule has 108 valence electrons. The molecule has 0 aromatic heterocycles. The number of carboxylic acids is 1. The molecule has 2 aliphatic rings. The summed E-state index contributed by atoms with van der Waals surface area (Å²) in [4.78, 5) is 24.5. The third-order valence-corrected chi connectivity index (χ3v) is 4.38. The largest absolute Gasteiger partial charge is 0.480 e. The Morgan fingerprint density at radius 2 is 1.84 bits per heavy atom. The summed E-state index contributed by atoms with van der Waals surface area (Å²) in [7, 11) is 0. The van der Waals surface area contributed by atoms with Gasteiger partial charge in [0.25, 0.3) is 0 Å². The molecule has 1 saturated heterocycles. The third-order valence-electron chi connectivity index (χ3n) is 4.38. The van der Waals surface area contributed by atoms with E-state index < -0.39 is 18.1 Å². The van der Waals surface area contributed by atoms with Crippen LogP contribution in [-0.2, 0) is 9.59 Å². The SMILES string of the molecule is O=C(O)[C@@H]1C[C@@H](O)CN1C(=O)CCC1CCCCC1. The van der Waals surface area contributed by atoms with Crippen molar-refractivity contribution in [2.45, 2.75) is 63.5 Å². The van der Waals surface area contributed by atoms with Gasteiger partial charge in [-0.3, -0.25) is 4.79 Å². The third kappa shape index (κ3) is 3.69. The van der Waals surface area contributed by atoms with Crippen molar-refractivity contribution in [3.05, 3.63) is 0 Å². The number of aliphatic hydroxyl groups excluding tert-OH is 1. The molecule has 1 amide bonds. The fourth-order valence-electron chi connectivity index (χ4n) is 3.27. The van der Waals surface area contributed by atoms with Gasteiger partial charge in [0, 0.05) is 19.4 Å². The van der Waals surface area contributed by atoms with Crippen molar-refractivity contribution in [3.63, 3.8) is 0 Å². The number of nitrogens with zero attached hydrogens (tertiary/aromatic N) is 1. The van der Waals surface area contributed by atoms with E-state index in [0.29, 0.717) is 12.3 Å². The Balaban J connectivity index is 1.82. The molecule has 5 nitrogen and oxygen atoms in total. The molecule has 0 radical (unpaired) electrons. The summed E-state index contributed by atoms with van der Waals surface area (Å²) in [6.45, 7) is 0.167. The lowest BCUT2D eigenvalue weighted by Crippen LogP contribution is -2.40. The Hall–Kier alpha value is -1.10. The van der Waals surface area contributed by atoms with Gasteiger partial charge in [-0.05, 0) is 12.3 Å². The number of carbonyl (C=O) groups excluding carboxylic acids is 1. The quantitative estimate of drug-likeness (QED) is 0.808. The van der Waals surface area contributed by atoms with Crippen LogP contribution in [0.2, 0.25) is 0 Å². The lowest BCUT2D eigenvalue weighted by Gasteiger charge is -2.24. The zero-order chi connectivity index (χ0) is 13.8. The summed E-state index contributed by atoms with van der Waals surface area (Å²) >= 11 is 0. The second kappa shape index (κ2) is 6.37. The highest BCUT2D eigenvalue weighted by Crippen LogP contribution is 2.28. The fourth-order valence-corrected chi connectivity index (χ4v) is 3.27. The summed E-state index contributed by atoms with van der Waals surface area (Å²) in [5.41, 5.74) is 0. The number of β-amino-alcohol motifs (C(OH)–C–C–N with tert-alkyl or cyclic N) is 1. The molecule has 2 rings (SSSR count). The molecule has 2 atom stereocenters. The van der Waals surface area contributed by atoms with Gasteiger partial charge in [-0.2, -0.15) is 0 Å². The molecule has 1 aliphatic carbocycles. The standard InChI is InChI=1S/C14H23NO4/c16-11-8-12(14(18)19)15(9-11)13(17)7-6-10-4-2-1-3-5-10/h10-12,16H,1-9H2,(H,18,19)/t11-,12+/m1/s1. The molecule has 2 N–H and O–H groups in total. The molecule has 1 heterocycles. The lowest BCUT2D eigenvalue weighted by molar-refractivity contribution is -0.148. The highest BCUT2D eigenvalue weighted by Gasteiger charge is 2.38. The first-order valence-corrected chi connectivity index (χ1v) is 7.28. The minimum atomic E-state index is -1.01. The highest BCUT2D eigenvalue weighted by molar-refractivity contribution is 5.84. The number of rotatable bonds is 4. The van der Waals surface area contributed by atoms with Crippen molar-refractivity contribution in [1.29, 1.82) is 0 Å². The van der Waals surface area contributed by atoms with E-state index in [2.05, 4.69) is 0 Å². The van der Waals surface area contributed by atoms with Crippen molar-refractivity contribution in [2.75, 3.05) is 6.54 Å². The number of amides is 1. The van der Waals surface area contributed by atoms with Gasteiger partial charge in [-0.1, -0.05) is 32.1 Å². The van der Waals surface area contributed by atoms with Crippen molar-refractivity contribution in [2.24, 2.45) is 5.92 Å². The van der Waals surface area contributed by atoms with E-state index in [-0.39, 0.29) is 18.9 Å². The number of likely N-dealkylation sites (tertiary alicyclic amines) is 1. The summed E-state index contributed by atoms with van der Waals surface area (Å²) < 4.78 is 0. The van der Waals surface area contributed by atoms with E-state index in [1.165, 1.54) is 37.0 Å². The van der Waals surface area contributed by atoms with Crippen molar-refractivity contribution in [1.82, 2.24) is 4.90 Å². The van der Waals surface area contributed by atoms with Crippen LogP contribution >= 0.6 is 0 Å². The van der Waals surface area contributed by atoms with Crippen LogP contribution in [0.5, 0.6) is 0 Å². The molecule has 19 heavy (non-hydrogen) atoms. The van der Waals surface area contributed by atoms with E-state index in [1.54, 1.807) is 0 Å². The van der Waals surface area contributed by atoms with Gasteiger partial charge in [-0.25, -0.2) is 4.79 Å². The topological polar surface area (TPSA) is 77.8 Å². The lowest BCUT2D eigenvalue weighted by atomic mass is 9.86. The average molecular weight is 269 g/mol. The molecule has 5 heteroatoms.